The first-order valence-electron chi connectivity index (χ1n) is 6.41. The zero-order chi connectivity index (χ0) is 15.4. The Balaban J connectivity index is 2.10. The number of hydrogen-bond donors (Lipinski definition) is 2. The summed E-state index contributed by atoms with van der Waals surface area (Å²) in [7, 11) is 1.71. The Morgan fingerprint density at radius 3 is 2.48 bits per heavy atom. The van der Waals surface area contributed by atoms with Crippen molar-refractivity contribution in [1.82, 2.24) is 0 Å². The largest absolute Gasteiger partial charge is 0.508 e. The van der Waals surface area contributed by atoms with Crippen molar-refractivity contribution >= 4 is 28.8 Å². The number of likely N-dealkylation sites (N-methyl/N-ethyl adjacent to an activating group) is 1. The second kappa shape index (κ2) is 6.37. The summed E-state index contributed by atoms with van der Waals surface area (Å²) in [5, 5.41) is 9.42. The first-order chi connectivity index (χ1) is 9.97. The number of benzene rings is 2. The van der Waals surface area contributed by atoms with Crippen molar-refractivity contribution in [3.05, 3.63) is 59.7 Å². The van der Waals surface area contributed by atoms with Gasteiger partial charge in [-0.2, -0.15) is 0 Å². The molecule has 0 bridgehead atoms. The van der Waals surface area contributed by atoms with Gasteiger partial charge in [-0.1, -0.05) is 24.4 Å². The molecule has 108 valence electrons. The number of anilines is 1. The van der Waals surface area contributed by atoms with E-state index in [1.165, 1.54) is 0 Å². The number of nitrogens with two attached hydrogens (primary N) is 1. The Hall–Kier alpha value is -2.40. The number of phenols is 1. The van der Waals surface area contributed by atoms with Crippen LogP contribution in [0.5, 0.6) is 5.75 Å². The number of rotatable bonds is 4. The Morgan fingerprint density at radius 1 is 1.24 bits per heavy atom. The van der Waals surface area contributed by atoms with Crippen LogP contribution in [0.4, 0.5) is 5.69 Å². The molecule has 0 heterocycles. The lowest BCUT2D eigenvalue weighted by molar-refractivity contribution is -0.117. The van der Waals surface area contributed by atoms with Gasteiger partial charge < -0.3 is 15.7 Å². The zero-order valence-corrected chi connectivity index (χ0v) is 12.4. The molecular weight excluding hydrogens is 284 g/mol. The van der Waals surface area contributed by atoms with E-state index < -0.39 is 0 Å². The van der Waals surface area contributed by atoms with Crippen LogP contribution >= 0.6 is 12.2 Å². The van der Waals surface area contributed by atoms with Crippen molar-refractivity contribution in [2.45, 2.75) is 6.42 Å². The van der Waals surface area contributed by atoms with Crippen LogP contribution in [0.3, 0.4) is 0 Å². The molecule has 0 aliphatic carbocycles. The average molecular weight is 300 g/mol. The maximum absolute atomic E-state index is 12.2. The molecule has 0 spiro atoms. The standard InChI is InChI=1S/C16H16N2O2S/c1-18(13-7-5-12(6-8-13)16(17)21)15(20)10-11-3-2-4-14(19)9-11/h2-9,19H,10H2,1H3,(H2,17,21). The minimum Gasteiger partial charge on any atom is -0.508 e. The van der Waals surface area contributed by atoms with Gasteiger partial charge in [-0.3, -0.25) is 4.79 Å². The molecule has 0 aromatic heterocycles. The molecule has 0 atom stereocenters. The highest BCUT2D eigenvalue weighted by Crippen LogP contribution is 2.17. The molecule has 2 aromatic carbocycles. The monoisotopic (exact) mass is 300 g/mol. The summed E-state index contributed by atoms with van der Waals surface area (Å²) in [5.74, 6) is 0.0902. The third kappa shape index (κ3) is 3.79. The Bertz CT molecular complexity index is 668. The van der Waals surface area contributed by atoms with E-state index in [-0.39, 0.29) is 18.1 Å². The first-order valence-corrected chi connectivity index (χ1v) is 6.82. The summed E-state index contributed by atoms with van der Waals surface area (Å²) >= 11 is 4.90. The zero-order valence-electron chi connectivity index (χ0n) is 11.6. The number of carbonyl (C=O) groups is 1. The van der Waals surface area contributed by atoms with Gasteiger partial charge in [-0.15, -0.1) is 0 Å². The first kappa shape index (κ1) is 15.0. The van der Waals surface area contributed by atoms with Gasteiger partial charge in [0.15, 0.2) is 0 Å². The van der Waals surface area contributed by atoms with Crippen molar-refractivity contribution in [2.24, 2.45) is 5.73 Å². The van der Waals surface area contributed by atoms with E-state index in [1.54, 1.807) is 60.5 Å². The van der Waals surface area contributed by atoms with Gasteiger partial charge in [0.1, 0.15) is 10.7 Å². The number of amides is 1. The molecule has 4 nitrogen and oxygen atoms in total. The van der Waals surface area contributed by atoms with Crippen molar-refractivity contribution in [2.75, 3.05) is 11.9 Å². The van der Waals surface area contributed by atoms with Gasteiger partial charge in [0, 0.05) is 18.3 Å². The lowest BCUT2D eigenvalue weighted by atomic mass is 10.1. The molecular formula is C16H16N2O2S. The molecule has 0 saturated carbocycles. The van der Waals surface area contributed by atoms with E-state index in [2.05, 4.69) is 0 Å². The van der Waals surface area contributed by atoms with Crippen molar-refractivity contribution in [3.8, 4) is 5.75 Å². The van der Waals surface area contributed by atoms with Gasteiger partial charge in [0.2, 0.25) is 5.91 Å². The molecule has 0 fully saturated rings. The van der Waals surface area contributed by atoms with E-state index in [4.69, 9.17) is 18.0 Å². The summed E-state index contributed by atoms with van der Waals surface area (Å²) in [4.78, 5) is 14.1. The molecule has 5 heteroatoms. The summed E-state index contributed by atoms with van der Waals surface area (Å²) in [5.41, 5.74) is 7.84. The molecule has 2 aromatic rings. The van der Waals surface area contributed by atoms with Crippen LogP contribution in [0.2, 0.25) is 0 Å². The third-order valence-electron chi connectivity index (χ3n) is 3.18. The van der Waals surface area contributed by atoms with E-state index in [0.29, 0.717) is 4.99 Å². The van der Waals surface area contributed by atoms with E-state index >= 15 is 0 Å². The molecule has 0 saturated heterocycles. The van der Waals surface area contributed by atoms with Gasteiger partial charge in [0.05, 0.1) is 6.42 Å². The normalized spacial score (nSPS) is 10.1. The molecule has 0 aliphatic heterocycles. The van der Waals surface area contributed by atoms with Crippen LogP contribution in [0, 0.1) is 0 Å². The minimum absolute atomic E-state index is 0.0660. The number of thiocarbonyl (C=S) groups is 1. The van der Waals surface area contributed by atoms with Gasteiger partial charge in [-0.25, -0.2) is 0 Å². The SMILES string of the molecule is CN(C(=O)Cc1cccc(O)c1)c1ccc(C(N)=S)cc1. The molecule has 0 unspecified atom stereocenters. The van der Waals surface area contributed by atoms with Crippen molar-refractivity contribution in [3.63, 3.8) is 0 Å². The van der Waals surface area contributed by atoms with E-state index in [1.807, 2.05) is 0 Å². The summed E-state index contributed by atoms with van der Waals surface area (Å²) in [6, 6.07) is 13.9. The highest BCUT2D eigenvalue weighted by Gasteiger charge is 2.12. The van der Waals surface area contributed by atoms with Crippen molar-refractivity contribution < 1.29 is 9.90 Å². The fourth-order valence-electron chi connectivity index (χ4n) is 1.95. The predicted octanol–water partition coefficient (Wildman–Crippen LogP) is 2.23. The lowest BCUT2D eigenvalue weighted by Gasteiger charge is -2.17. The summed E-state index contributed by atoms with van der Waals surface area (Å²) in [6.07, 6.45) is 0.224. The third-order valence-corrected chi connectivity index (χ3v) is 3.41. The topological polar surface area (TPSA) is 66.6 Å². The number of hydrogen-bond acceptors (Lipinski definition) is 3. The highest BCUT2D eigenvalue weighted by atomic mass is 32.1. The number of aromatic hydroxyl groups is 1. The van der Waals surface area contributed by atoms with Crippen LogP contribution < -0.4 is 10.6 Å². The fraction of sp³-hybridized carbons (Fsp3) is 0.125. The van der Waals surface area contributed by atoms with E-state index in [0.717, 1.165) is 16.8 Å². The smallest absolute Gasteiger partial charge is 0.231 e. The maximum Gasteiger partial charge on any atom is 0.231 e. The lowest BCUT2D eigenvalue weighted by Crippen LogP contribution is -2.27. The summed E-state index contributed by atoms with van der Waals surface area (Å²) in [6.45, 7) is 0. The molecule has 2 rings (SSSR count). The molecule has 3 N–H and O–H groups in total. The molecule has 21 heavy (non-hydrogen) atoms. The molecule has 0 aliphatic rings. The fourth-order valence-corrected chi connectivity index (χ4v) is 2.09. The van der Waals surface area contributed by atoms with Crippen LogP contribution in [-0.2, 0) is 11.2 Å². The summed E-state index contributed by atoms with van der Waals surface area (Å²) < 4.78 is 0. The number of nitrogens with zero attached hydrogens (tertiary/aromatic N) is 1. The van der Waals surface area contributed by atoms with Crippen molar-refractivity contribution in [1.29, 1.82) is 0 Å². The van der Waals surface area contributed by atoms with Crippen LogP contribution in [0.15, 0.2) is 48.5 Å². The maximum atomic E-state index is 12.2. The van der Waals surface area contributed by atoms with Crippen LogP contribution in [-0.4, -0.2) is 23.0 Å². The van der Waals surface area contributed by atoms with Gasteiger partial charge >= 0.3 is 0 Å². The van der Waals surface area contributed by atoms with Gasteiger partial charge in [-0.05, 0) is 42.0 Å². The minimum atomic E-state index is -0.0660. The predicted molar refractivity (Wildman–Crippen MR) is 87.6 cm³/mol. The quantitative estimate of drug-likeness (QED) is 0.850. The second-order valence-electron chi connectivity index (χ2n) is 4.71. The van der Waals surface area contributed by atoms with Gasteiger partial charge in [0.25, 0.3) is 0 Å². The number of carbonyl (C=O) groups excluding carboxylic acids is 1. The Kier molecular flexibility index (Phi) is 4.55. The highest BCUT2D eigenvalue weighted by molar-refractivity contribution is 7.80. The molecule has 1 amide bonds. The molecule has 0 radical (unpaired) electrons. The van der Waals surface area contributed by atoms with Crippen LogP contribution in [0.1, 0.15) is 11.1 Å². The Morgan fingerprint density at radius 2 is 1.90 bits per heavy atom. The Labute approximate surface area is 128 Å². The second-order valence-corrected chi connectivity index (χ2v) is 5.15. The van der Waals surface area contributed by atoms with E-state index in [9.17, 15) is 9.90 Å². The average Bonchev–Trinajstić information content (AvgIpc) is 2.46. The van der Waals surface area contributed by atoms with Crippen LogP contribution in [0.25, 0.3) is 0 Å². The number of phenolic OH excluding ortho intramolecular Hbond substituents is 1.